The Hall–Kier alpha value is -2.11. The quantitative estimate of drug-likeness (QED) is 0.445. The molecule has 0 aliphatic carbocycles. The van der Waals surface area contributed by atoms with E-state index in [-0.39, 0.29) is 16.7 Å². The normalized spacial score (nSPS) is 10.9. The van der Waals surface area contributed by atoms with Crippen molar-refractivity contribution in [3.8, 4) is 0 Å². The lowest BCUT2D eigenvalue weighted by Crippen LogP contribution is -2.06. The second kappa shape index (κ2) is 2.44. The van der Waals surface area contributed by atoms with Crippen molar-refractivity contribution in [3.05, 3.63) is 15.9 Å². The van der Waals surface area contributed by atoms with Crippen LogP contribution in [0.4, 0.5) is 17.1 Å². The first-order valence-corrected chi connectivity index (χ1v) is 3.98. The smallest absolute Gasteiger partial charge is 0.289 e. The molecule has 0 aliphatic heterocycles. The Morgan fingerprint density at radius 2 is 1.79 bits per heavy atom. The number of benzene rings is 1. The average molecular weight is 194 g/mol. The molecule has 0 radical (unpaired) electrons. The molecule has 6 heteroatoms. The zero-order valence-corrected chi connectivity index (χ0v) is 7.55. The van der Waals surface area contributed by atoms with E-state index in [9.17, 15) is 4.79 Å². The van der Waals surface area contributed by atoms with E-state index in [2.05, 4.69) is 5.16 Å². The van der Waals surface area contributed by atoms with Crippen molar-refractivity contribution in [2.75, 3.05) is 17.2 Å². The van der Waals surface area contributed by atoms with Crippen LogP contribution in [0.2, 0.25) is 0 Å². The SMILES string of the molecule is Cc1c(N)c(N)c2o[nH]c(=O)c2c1N. The molecular formula is C8H10N4O2. The monoisotopic (exact) mass is 194 g/mol. The zero-order chi connectivity index (χ0) is 10.5. The fourth-order valence-corrected chi connectivity index (χ4v) is 1.39. The van der Waals surface area contributed by atoms with Crippen LogP contribution in [0.5, 0.6) is 0 Å². The molecule has 0 atom stereocenters. The highest BCUT2D eigenvalue weighted by Crippen LogP contribution is 2.33. The van der Waals surface area contributed by atoms with Crippen LogP contribution in [-0.4, -0.2) is 5.16 Å². The van der Waals surface area contributed by atoms with Crippen LogP contribution in [0.1, 0.15) is 5.56 Å². The van der Waals surface area contributed by atoms with Gasteiger partial charge in [-0.3, -0.25) is 4.79 Å². The molecule has 0 bridgehead atoms. The van der Waals surface area contributed by atoms with E-state index >= 15 is 0 Å². The molecule has 0 spiro atoms. The van der Waals surface area contributed by atoms with Crippen molar-refractivity contribution in [2.24, 2.45) is 0 Å². The van der Waals surface area contributed by atoms with Gasteiger partial charge in [0.25, 0.3) is 5.56 Å². The van der Waals surface area contributed by atoms with Gasteiger partial charge < -0.3 is 21.7 Å². The van der Waals surface area contributed by atoms with Gasteiger partial charge in [-0.15, -0.1) is 0 Å². The molecule has 14 heavy (non-hydrogen) atoms. The number of fused-ring (bicyclic) bond motifs is 1. The van der Waals surface area contributed by atoms with Crippen LogP contribution in [0.15, 0.2) is 9.32 Å². The Labute approximate surface area is 78.6 Å². The van der Waals surface area contributed by atoms with Gasteiger partial charge in [-0.2, -0.15) is 5.16 Å². The largest absolute Gasteiger partial charge is 0.398 e. The van der Waals surface area contributed by atoms with Crippen molar-refractivity contribution in [2.45, 2.75) is 6.92 Å². The number of nitrogens with one attached hydrogen (secondary N) is 1. The van der Waals surface area contributed by atoms with Gasteiger partial charge in [0, 0.05) is 0 Å². The van der Waals surface area contributed by atoms with Crippen LogP contribution in [0, 0.1) is 6.92 Å². The summed E-state index contributed by atoms with van der Waals surface area (Å²) in [5.74, 6) is 0. The summed E-state index contributed by atoms with van der Waals surface area (Å²) in [7, 11) is 0. The van der Waals surface area contributed by atoms with E-state index in [4.69, 9.17) is 21.7 Å². The van der Waals surface area contributed by atoms with Gasteiger partial charge in [0.05, 0.1) is 11.4 Å². The number of anilines is 3. The predicted molar refractivity (Wildman–Crippen MR) is 54.8 cm³/mol. The van der Waals surface area contributed by atoms with Gasteiger partial charge in [0.2, 0.25) is 0 Å². The number of aromatic nitrogens is 1. The summed E-state index contributed by atoms with van der Waals surface area (Å²) in [4.78, 5) is 11.3. The standard InChI is InChI=1S/C8H10N4O2/c1-2-4(9)3-7(6(11)5(2)10)14-12-8(3)13/h9-11H2,1H3,(H,12,13). The molecule has 0 fully saturated rings. The van der Waals surface area contributed by atoms with Gasteiger partial charge in [0.15, 0.2) is 5.58 Å². The van der Waals surface area contributed by atoms with Crippen molar-refractivity contribution in [1.82, 2.24) is 5.16 Å². The number of hydrogen-bond donors (Lipinski definition) is 4. The highest BCUT2D eigenvalue weighted by molar-refractivity contribution is 6.03. The molecule has 1 aromatic carbocycles. The fraction of sp³-hybridized carbons (Fsp3) is 0.125. The molecule has 0 unspecified atom stereocenters. The van der Waals surface area contributed by atoms with Gasteiger partial charge in [-0.1, -0.05) is 0 Å². The topological polar surface area (TPSA) is 124 Å². The van der Waals surface area contributed by atoms with E-state index in [1.54, 1.807) is 6.92 Å². The molecule has 2 rings (SSSR count). The van der Waals surface area contributed by atoms with Crippen LogP contribution >= 0.6 is 0 Å². The second-order valence-electron chi connectivity index (χ2n) is 3.10. The van der Waals surface area contributed by atoms with E-state index in [1.165, 1.54) is 0 Å². The molecule has 6 nitrogen and oxygen atoms in total. The number of aromatic amines is 1. The molecule has 2 aromatic rings. The number of nitrogens with two attached hydrogens (primary N) is 3. The average Bonchev–Trinajstić information content (AvgIpc) is 2.54. The molecule has 1 aromatic heterocycles. The first-order valence-electron chi connectivity index (χ1n) is 3.98. The van der Waals surface area contributed by atoms with E-state index in [0.717, 1.165) is 0 Å². The first-order chi connectivity index (χ1) is 6.54. The third kappa shape index (κ3) is 0.819. The summed E-state index contributed by atoms with van der Waals surface area (Å²) in [6.07, 6.45) is 0. The van der Waals surface area contributed by atoms with Crippen LogP contribution in [0.25, 0.3) is 11.0 Å². The fourth-order valence-electron chi connectivity index (χ4n) is 1.39. The molecule has 7 N–H and O–H groups in total. The lowest BCUT2D eigenvalue weighted by Gasteiger charge is -2.07. The molecule has 0 saturated carbocycles. The highest BCUT2D eigenvalue weighted by atomic mass is 16.5. The van der Waals surface area contributed by atoms with Crippen molar-refractivity contribution in [1.29, 1.82) is 0 Å². The lowest BCUT2D eigenvalue weighted by atomic mass is 10.1. The number of rotatable bonds is 0. The molecule has 74 valence electrons. The molecule has 0 saturated heterocycles. The van der Waals surface area contributed by atoms with Crippen LogP contribution < -0.4 is 22.8 Å². The van der Waals surface area contributed by atoms with E-state index in [1.807, 2.05) is 0 Å². The molecule has 0 aliphatic rings. The van der Waals surface area contributed by atoms with Crippen LogP contribution in [0.3, 0.4) is 0 Å². The predicted octanol–water partition coefficient (Wildman–Crippen LogP) is 0.176. The number of H-pyrrole nitrogens is 1. The third-order valence-corrected chi connectivity index (χ3v) is 2.31. The Morgan fingerprint density at radius 1 is 1.14 bits per heavy atom. The second-order valence-corrected chi connectivity index (χ2v) is 3.10. The highest BCUT2D eigenvalue weighted by Gasteiger charge is 2.16. The summed E-state index contributed by atoms with van der Waals surface area (Å²) in [5.41, 5.74) is 18.4. The lowest BCUT2D eigenvalue weighted by molar-refractivity contribution is 0.450. The van der Waals surface area contributed by atoms with Gasteiger partial charge in [-0.05, 0) is 12.5 Å². The van der Waals surface area contributed by atoms with Crippen molar-refractivity contribution in [3.63, 3.8) is 0 Å². The minimum atomic E-state index is -0.396. The maximum absolute atomic E-state index is 11.3. The molecule has 1 heterocycles. The Balaban J connectivity index is 3.13. The number of nitrogen functional groups attached to an aromatic ring is 3. The van der Waals surface area contributed by atoms with E-state index in [0.29, 0.717) is 16.9 Å². The first kappa shape index (κ1) is 8.49. The Bertz CT molecular complexity index is 567. The third-order valence-electron chi connectivity index (χ3n) is 2.31. The maximum atomic E-state index is 11.3. The summed E-state index contributed by atoms with van der Waals surface area (Å²) in [5, 5.41) is 2.43. The van der Waals surface area contributed by atoms with Gasteiger partial charge in [0.1, 0.15) is 11.1 Å². The molecule has 0 amide bonds. The van der Waals surface area contributed by atoms with Crippen molar-refractivity contribution < 1.29 is 4.52 Å². The summed E-state index contributed by atoms with van der Waals surface area (Å²) >= 11 is 0. The van der Waals surface area contributed by atoms with Gasteiger partial charge in [-0.25, -0.2) is 0 Å². The summed E-state index contributed by atoms with van der Waals surface area (Å²) in [6.45, 7) is 1.70. The zero-order valence-electron chi connectivity index (χ0n) is 7.55. The molecular weight excluding hydrogens is 184 g/mol. The minimum Gasteiger partial charge on any atom is -0.398 e. The van der Waals surface area contributed by atoms with Crippen LogP contribution in [-0.2, 0) is 0 Å². The van der Waals surface area contributed by atoms with Crippen molar-refractivity contribution >= 4 is 28.0 Å². The summed E-state index contributed by atoms with van der Waals surface area (Å²) in [6, 6.07) is 0. The Kier molecular flexibility index (Phi) is 1.48. The Morgan fingerprint density at radius 3 is 2.43 bits per heavy atom. The maximum Gasteiger partial charge on any atom is 0.289 e. The van der Waals surface area contributed by atoms with Gasteiger partial charge >= 0.3 is 0 Å². The minimum absolute atomic E-state index is 0.218. The summed E-state index contributed by atoms with van der Waals surface area (Å²) < 4.78 is 4.87. The number of hydrogen-bond acceptors (Lipinski definition) is 5. The van der Waals surface area contributed by atoms with E-state index < -0.39 is 5.56 Å².